The molecule has 0 aliphatic carbocycles. The lowest BCUT2D eigenvalue weighted by molar-refractivity contribution is 0.0717. The third-order valence-electron chi connectivity index (χ3n) is 2.59. The number of rotatable bonds is 4. The van der Waals surface area contributed by atoms with Gasteiger partial charge in [0.25, 0.3) is 5.91 Å². The van der Waals surface area contributed by atoms with Gasteiger partial charge in [-0.15, -0.1) is 11.6 Å². The standard InChI is InChI=1S/C13H18ClNO/c1-10(2)15(9-8-14)13(16)12-7-5-4-6-11(12)3/h4-7,10H,8-9H2,1-3H3. The van der Waals surface area contributed by atoms with E-state index in [0.29, 0.717) is 12.4 Å². The van der Waals surface area contributed by atoms with Crippen LogP contribution in [0.25, 0.3) is 0 Å². The molecule has 16 heavy (non-hydrogen) atoms. The lowest BCUT2D eigenvalue weighted by atomic mass is 10.1. The van der Waals surface area contributed by atoms with Gasteiger partial charge in [-0.1, -0.05) is 18.2 Å². The van der Waals surface area contributed by atoms with Gasteiger partial charge in [-0.3, -0.25) is 4.79 Å². The molecule has 0 spiro atoms. The average Bonchev–Trinajstić information content (AvgIpc) is 2.25. The minimum absolute atomic E-state index is 0.0637. The van der Waals surface area contributed by atoms with Gasteiger partial charge < -0.3 is 4.90 Å². The number of alkyl halides is 1. The number of nitrogens with zero attached hydrogens (tertiary/aromatic N) is 1. The highest BCUT2D eigenvalue weighted by Crippen LogP contribution is 2.12. The van der Waals surface area contributed by atoms with E-state index in [1.165, 1.54) is 0 Å². The molecule has 0 radical (unpaired) electrons. The van der Waals surface area contributed by atoms with Gasteiger partial charge in [0.05, 0.1) is 0 Å². The van der Waals surface area contributed by atoms with Crippen LogP contribution in [0.3, 0.4) is 0 Å². The number of amides is 1. The maximum absolute atomic E-state index is 12.3. The molecule has 0 aliphatic rings. The molecule has 1 rings (SSSR count). The van der Waals surface area contributed by atoms with Crippen molar-refractivity contribution < 1.29 is 4.79 Å². The molecule has 0 aliphatic heterocycles. The molecule has 0 saturated carbocycles. The van der Waals surface area contributed by atoms with Crippen molar-refractivity contribution in [2.45, 2.75) is 26.8 Å². The summed E-state index contributed by atoms with van der Waals surface area (Å²) >= 11 is 5.72. The Hall–Kier alpha value is -1.02. The molecular weight excluding hydrogens is 222 g/mol. The van der Waals surface area contributed by atoms with Crippen molar-refractivity contribution in [1.29, 1.82) is 0 Å². The highest BCUT2D eigenvalue weighted by atomic mass is 35.5. The number of aryl methyl sites for hydroxylation is 1. The van der Waals surface area contributed by atoms with Gasteiger partial charge in [-0.25, -0.2) is 0 Å². The molecule has 0 N–H and O–H groups in total. The molecule has 1 aromatic rings. The second-order valence-electron chi connectivity index (χ2n) is 4.10. The van der Waals surface area contributed by atoms with Gasteiger partial charge >= 0.3 is 0 Å². The van der Waals surface area contributed by atoms with E-state index in [-0.39, 0.29) is 11.9 Å². The summed E-state index contributed by atoms with van der Waals surface area (Å²) in [4.78, 5) is 14.1. The first-order valence-electron chi connectivity index (χ1n) is 5.50. The summed E-state index contributed by atoms with van der Waals surface area (Å²) in [5, 5.41) is 0. The van der Waals surface area contributed by atoms with Crippen LogP contribution >= 0.6 is 11.6 Å². The molecule has 0 atom stereocenters. The summed E-state index contributed by atoms with van der Waals surface area (Å²) in [6.07, 6.45) is 0. The smallest absolute Gasteiger partial charge is 0.254 e. The van der Waals surface area contributed by atoms with Crippen LogP contribution in [0.5, 0.6) is 0 Å². The predicted octanol–water partition coefficient (Wildman–Crippen LogP) is 3.08. The van der Waals surface area contributed by atoms with Crippen molar-refractivity contribution in [3.05, 3.63) is 35.4 Å². The minimum atomic E-state index is 0.0637. The van der Waals surface area contributed by atoms with Gasteiger partial charge in [0.2, 0.25) is 0 Å². The topological polar surface area (TPSA) is 20.3 Å². The zero-order chi connectivity index (χ0) is 12.1. The number of hydrogen-bond donors (Lipinski definition) is 0. The van der Waals surface area contributed by atoms with Gasteiger partial charge in [0.15, 0.2) is 0 Å². The number of carbonyl (C=O) groups is 1. The second-order valence-corrected chi connectivity index (χ2v) is 4.47. The van der Waals surface area contributed by atoms with Crippen LogP contribution in [-0.4, -0.2) is 29.3 Å². The molecule has 0 saturated heterocycles. The first kappa shape index (κ1) is 13.0. The third-order valence-corrected chi connectivity index (χ3v) is 2.75. The zero-order valence-corrected chi connectivity index (χ0v) is 10.8. The molecular formula is C13H18ClNO. The van der Waals surface area contributed by atoms with Crippen LogP contribution in [0.2, 0.25) is 0 Å². The Kier molecular flexibility index (Phi) is 4.81. The highest BCUT2D eigenvalue weighted by molar-refractivity contribution is 6.18. The van der Waals surface area contributed by atoms with E-state index in [4.69, 9.17) is 11.6 Å². The first-order valence-corrected chi connectivity index (χ1v) is 6.04. The van der Waals surface area contributed by atoms with E-state index >= 15 is 0 Å². The van der Waals surface area contributed by atoms with Crippen LogP contribution in [0.15, 0.2) is 24.3 Å². The summed E-state index contributed by atoms with van der Waals surface area (Å²) in [5.41, 5.74) is 1.77. The SMILES string of the molecule is Cc1ccccc1C(=O)N(CCCl)C(C)C. The molecule has 1 amide bonds. The van der Waals surface area contributed by atoms with Crippen LogP contribution in [-0.2, 0) is 0 Å². The van der Waals surface area contributed by atoms with Crippen molar-refractivity contribution in [2.24, 2.45) is 0 Å². The molecule has 0 unspecified atom stereocenters. The molecule has 0 heterocycles. The van der Waals surface area contributed by atoms with Crippen LogP contribution < -0.4 is 0 Å². The molecule has 88 valence electrons. The molecule has 1 aromatic carbocycles. The highest BCUT2D eigenvalue weighted by Gasteiger charge is 2.19. The Morgan fingerprint density at radius 2 is 2.00 bits per heavy atom. The lowest BCUT2D eigenvalue weighted by Gasteiger charge is -2.26. The lowest BCUT2D eigenvalue weighted by Crippen LogP contribution is -2.38. The van der Waals surface area contributed by atoms with Gasteiger partial charge in [-0.05, 0) is 32.4 Å². The van der Waals surface area contributed by atoms with Crippen LogP contribution in [0.1, 0.15) is 29.8 Å². The number of halogens is 1. The van der Waals surface area contributed by atoms with Crippen LogP contribution in [0.4, 0.5) is 0 Å². The average molecular weight is 240 g/mol. The Balaban J connectivity index is 2.95. The minimum Gasteiger partial charge on any atom is -0.335 e. The van der Waals surface area contributed by atoms with E-state index in [1.807, 2.05) is 45.0 Å². The normalized spacial score (nSPS) is 10.6. The van der Waals surface area contributed by atoms with E-state index in [1.54, 1.807) is 4.90 Å². The fourth-order valence-electron chi connectivity index (χ4n) is 1.65. The van der Waals surface area contributed by atoms with Gasteiger partial charge in [0.1, 0.15) is 0 Å². The fourth-order valence-corrected chi connectivity index (χ4v) is 1.83. The zero-order valence-electron chi connectivity index (χ0n) is 10.0. The van der Waals surface area contributed by atoms with E-state index in [2.05, 4.69) is 0 Å². The number of carbonyl (C=O) groups excluding carboxylic acids is 1. The fraction of sp³-hybridized carbons (Fsp3) is 0.462. The third kappa shape index (κ3) is 2.99. The monoisotopic (exact) mass is 239 g/mol. The van der Waals surface area contributed by atoms with E-state index in [9.17, 15) is 4.79 Å². The van der Waals surface area contributed by atoms with E-state index < -0.39 is 0 Å². The molecule has 3 heteroatoms. The molecule has 2 nitrogen and oxygen atoms in total. The maximum atomic E-state index is 12.3. The van der Waals surface area contributed by atoms with E-state index in [0.717, 1.165) is 11.1 Å². The Bertz CT molecular complexity index is 363. The number of hydrogen-bond acceptors (Lipinski definition) is 1. The second kappa shape index (κ2) is 5.90. The van der Waals surface area contributed by atoms with Crippen molar-refractivity contribution in [3.8, 4) is 0 Å². The quantitative estimate of drug-likeness (QED) is 0.740. The van der Waals surface area contributed by atoms with Crippen molar-refractivity contribution in [2.75, 3.05) is 12.4 Å². The Labute approximate surface area is 102 Å². The van der Waals surface area contributed by atoms with Crippen LogP contribution in [0, 0.1) is 6.92 Å². The first-order chi connectivity index (χ1) is 7.57. The van der Waals surface area contributed by atoms with Crippen molar-refractivity contribution in [3.63, 3.8) is 0 Å². The predicted molar refractivity (Wildman–Crippen MR) is 68.1 cm³/mol. The maximum Gasteiger partial charge on any atom is 0.254 e. The van der Waals surface area contributed by atoms with Crippen molar-refractivity contribution >= 4 is 17.5 Å². The Morgan fingerprint density at radius 1 is 1.38 bits per heavy atom. The molecule has 0 aromatic heterocycles. The summed E-state index contributed by atoms with van der Waals surface area (Å²) in [6, 6.07) is 7.81. The molecule has 0 fully saturated rings. The van der Waals surface area contributed by atoms with Crippen molar-refractivity contribution in [1.82, 2.24) is 4.90 Å². The summed E-state index contributed by atoms with van der Waals surface area (Å²) in [5.74, 6) is 0.532. The summed E-state index contributed by atoms with van der Waals surface area (Å²) in [7, 11) is 0. The Morgan fingerprint density at radius 3 is 2.50 bits per heavy atom. The van der Waals surface area contributed by atoms with Gasteiger partial charge in [0, 0.05) is 24.0 Å². The summed E-state index contributed by atoms with van der Waals surface area (Å²) < 4.78 is 0. The molecule has 0 bridgehead atoms. The largest absolute Gasteiger partial charge is 0.335 e. The van der Waals surface area contributed by atoms with Gasteiger partial charge in [-0.2, -0.15) is 0 Å². The number of benzene rings is 1. The summed E-state index contributed by atoms with van der Waals surface area (Å²) in [6.45, 7) is 6.55.